The Labute approximate surface area is 165 Å². The number of benzene rings is 1. The number of nitrogens with two attached hydrogens (primary N) is 1. The first-order valence-electron chi connectivity index (χ1n) is 8.50. The van der Waals surface area contributed by atoms with Crippen LogP contribution in [0.5, 0.6) is 5.75 Å². The van der Waals surface area contributed by atoms with Crippen molar-refractivity contribution in [3.05, 3.63) is 29.8 Å². The zero-order valence-electron chi connectivity index (χ0n) is 15.4. The van der Waals surface area contributed by atoms with Gasteiger partial charge in [-0.1, -0.05) is 12.1 Å². The van der Waals surface area contributed by atoms with E-state index in [1.807, 2.05) is 0 Å². The zero-order chi connectivity index (χ0) is 21.8. The third kappa shape index (κ3) is 10.3. The lowest BCUT2D eigenvalue weighted by Gasteiger charge is -2.12. The summed E-state index contributed by atoms with van der Waals surface area (Å²) in [6, 6.07) is 5.27. The number of carboxylic acid groups (broad SMARTS) is 1. The summed E-state index contributed by atoms with van der Waals surface area (Å²) in [5.41, 5.74) is 6.50. The molecule has 1 aromatic carbocycles. The number of phenolic OH excluding ortho intramolecular Hbond substituents is 1. The molecule has 0 aromatic heterocycles. The van der Waals surface area contributed by atoms with Crippen molar-refractivity contribution in [2.45, 2.75) is 12.5 Å². The highest BCUT2D eigenvalue weighted by atomic mass is 16.4. The van der Waals surface area contributed by atoms with Crippen molar-refractivity contribution < 1.29 is 34.2 Å². The number of nitrogens with one attached hydrogen (secondary N) is 4. The SMILES string of the molecule is NC(Cc1ccc(O)cc1)C(=O)NCC(=O)NCC(=O)NCC(=O)NCC(=O)O. The van der Waals surface area contributed by atoms with Gasteiger partial charge in [-0.3, -0.25) is 24.0 Å². The number of amides is 4. The van der Waals surface area contributed by atoms with Crippen molar-refractivity contribution in [1.82, 2.24) is 21.3 Å². The Bertz CT molecular complexity index is 751. The molecule has 1 atom stereocenters. The lowest BCUT2D eigenvalue weighted by Crippen LogP contribution is -2.47. The maximum atomic E-state index is 11.9. The molecule has 0 fully saturated rings. The fourth-order valence-corrected chi connectivity index (χ4v) is 2.00. The molecule has 4 amide bonds. The number of hydrogen-bond acceptors (Lipinski definition) is 7. The molecule has 158 valence electrons. The van der Waals surface area contributed by atoms with Gasteiger partial charge >= 0.3 is 5.97 Å². The maximum absolute atomic E-state index is 11.9. The van der Waals surface area contributed by atoms with Crippen molar-refractivity contribution in [2.24, 2.45) is 5.73 Å². The van der Waals surface area contributed by atoms with E-state index in [1.54, 1.807) is 12.1 Å². The second kappa shape index (κ2) is 11.9. The Morgan fingerprint density at radius 3 is 1.72 bits per heavy atom. The molecule has 0 spiro atoms. The quantitative estimate of drug-likeness (QED) is 0.198. The number of aromatic hydroxyl groups is 1. The fourth-order valence-electron chi connectivity index (χ4n) is 2.00. The predicted octanol–water partition coefficient (Wildman–Crippen LogP) is -3.19. The lowest BCUT2D eigenvalue weighted by atomic mass is 10.1. The highest BCUT2D eigenvalue weighted by Gasteiger charge is 2.15. The number of aliphatic carboxylic acids is 1. The van der Waals surface area contributed by atoms with Gasteiger partial charge in [0.05, 0.1) is 25.7 Å². The van der Waals surface area contributed by atoms with Crippen LogP contribution in [0, 0.1) is 0 Å². The Balaban J connectivity index is 2.22. The summed E-state index contributed by atoms with van der Waals surface area (Å²) in [5, 5.41) is 26.4. The minimum atomic E-state index is -1.22. The summed E-state index contributed by atoms with van der Waals surface area (Å²) >= 11 is 0. The topological polar surface area (TPSA) is 200 Å². The monoisotopic (exact) mass is 409 g/mol. The molecule has 1 rings (SSSR count). The molecule has 1 unspecified atom stereocenters. The summed E-state index contributed by atoms with van der Waals surface area (Å²) in [4.78, 5) is 56.6. The molecule has 0 heterocycles. The molecular weight excluding hydrogens is 386 g/mol. The van der Waals surface area contributed by atoms with Crippen molar-refractivity contribution in [3.8, 4) is 5.75 Å². The molecule has 0 saturated carbocycles. The Morgan fingerprint density at radius 1 is 0.793 bits per heavy atom. The van der Waals surface area contributed by atoms with Crippen LogP contribution in [0.3, 0.4) is 0 Å². The largest absolute Gasteiger partial charge is 0.508 e. The van der Waals surface area contributed by atoms with Gasteiger partial charge in [-0.25, -0.2) is 0 Å². The molecule has 0 aliphatic carbocycles. The van der Waals surface area contributed by atoms with Crippen LogP contribution in [0.1, 0.15) is 5.56 Å². The molecule has 29 heavy (non-hydrogen) atoms. The van der Waals surface area contributed by atoms with E-state index in [0.29, 0.717) is 0 Å². The van der Waals surface area contributed by atoms with Crippen LogP contribution >= 0.6 is 0 Å². The summed E-state index contributed by atoms with van der Waals surface area (Å²) in [6.45, 7) is -1.83. The molecular formula is C17H23N5O7. The van der Waals surface area contributed by atoms with Crippen molar-refractivity contribution in [2.75, 3.05) is 26.2 Å². The predicted molar refractivity (Wildman–Crippen MR) is 99.5 cm³/mol. The number of hydrogen-bond donors (Lipinski definition) is 7. The zero-order valence-corrected chi connectivity index (χ0v) is 15.4. The number of phenols is 1. The number of rotatable bonds is 11. The molecule has 0 saturated heterocycles. The number of carboxylic acids is 1. The summed E-state index contributed by atoms with van der Waals surface area (Å²) in [7, 11) is 0. The summed E-state index contributed by atoms with van der Waals surface area (Å²) < 4.78 is 0. The Hall–Kier alpha value is -3.67. The first kappa shape index (κ1) is 23.4. The molecule has 0 aliphatic heterocycles. The fraction of sp³-hybridized carbons (Fsp3) is 0.353. The summed E-state index contributed by atoms with van der Waals surface area (Å²) in [5.74, 6) is -3.69. The van der Waals surface area contributed by atoms with E-state index in [-0.39, 0.29) is 12.2 Å². The van der Waals surface area contributed by atoms with Gasteiger partial charge in [0.2, 0.25) is 23.6 Å². The van der Waals surface area contributed by atoms with Gasteiger partial charge in [-0.15, -0.1) is 0 Å². The molecule has 0 bridgehead atoms. The van der Waals surface area contributed by atoms with E-state index in [2.05, 4.69) is 21.3 Å². The number of carbonyl (C=O) groups is 5. The van der Waals surface area contributed by atoms with Crippen molar-refractivity contribution in [3.63, 3.8) is 0 Å². The van der Waals surface area contributed by atoms with Gasteiger partial charge in [0.25, 0.3) is 0 Å². The average Bonchev–Trinajstić information content (AvgIpc) is 2.68. The minimum absolute atomic E-state index is 0.0911. The van der Waals surface area contributed by atoms with Crippen LogP contribution in [-0.2, 0) is 30.4 Å². The first-order chi connectivity index (χ1) is 13.7. The van der Waals surface area contributed by atoms with Crippen LogP contribution < -0.4 is 27.0 Å². The van der Waals surface area contributed by atoms with Gasteiger partial charge in [-0.2, -0.15) is 0 Å². The van der Waals surface area contributed by atoms with E-state index in [9.17, 15) is 29.1 Å². The standard InChI is InChI=1S/C17H23N5O7/c18-12(5-10-1-3-11(23)4-2-10)17(29)22-8-15(26)20-6-13(24)19-7-14(25)21-9-16(27)28/h1-4,12,23H,5-9,18H2,(H,19,24)(H,20,26)(H,21,25)(H,22,29)(H,27,28). The van der Waals surface area contributed by atoms with E-state index >= 15 is 0 Å². The van der Waals surface area contributed by atoms with Crippen molar-refractivity contribution >= 4 is 29.6 Å². The highest BCUT2D eigenvalue weighted by Crippen LogP contribution is 2.10. The third-order valence-electron chi connectivity index (χ3n) is 3.48. The third-order valence-corrected chi connectivity index (χ3v) is 3.48. The van der Waals surface area contributed by atoms with Gasteiger partial charge in [0, 0.05) is 0 Å². The van der Waals surface area contributed by atoms with Crippen LogP contribution in [0.4, 0.5) is 0 Å². The van der Waals surface area contributed by atoms with Gasteiger partial charge < -0.3 is 37.2 Å². The van der Waals surface area contributed by atoms with Crippen LogP contribution in [0.25, 0.3) is 0 Å². The smallest absolute Gasteiger partial charge is 0.322 e. The van der Waals surface area contributed by atoms with E-state index in [4.69, 9.17) is 10.8 Å². The highest BCUT2D eigenvalue weighted by molar-refractivity contribution is 5.91. The van der Waals surface area contributed by atoms with Gasteiger partial charge in [-0.05, 0) is 24.1 Å². The number of carbonyl (C=O) groups excluding carboxylic acids is 4. The molecule has 8 N–H and O–H groups in total. The van der Waals surface area contributed by atoms with E-state index in [1.165, 1.54) is 12.1 Å². The van der Waals surface area contributed by atoms with E-state index in [0.717, 1.165) is 5.56 Å². The maximum Gasteiger partial charge on any atom is 0.322 e. The Kier molecular flexibility index (Phi) is 9.61. The van der Waals surface area contributed by atoms with Crippen LogP contribution in [0.15, 0.2) is 24.3 Å². The lowest BCUT2D eigenvalue weighted by molar-refractivity contribution is -0.137. The Morgan fingerprint density at radius 2 is 1.24 bits per heavy atom. The second-order valence-electron chi connectivity index (χ2n) is 5.92. The normalized spacial score (nSPS) is 11.1. The minimum Gasteiger partial charge on any atom is -0.508 e. The second-order valence-corrected chi connectivity index (χ2v) is 5.92. The van der Waals surface area contributed by atoms with E-state index < -0.39 is 61.8 Å². The molecule has 0 radical (unpaired) electrons. The molecule has 0 aliphatic rings. The molecule has 12 heteroatoms. The van der Waals surface area contributed by atoms with Crippen molar-refractivity contribution in [1.29, 1.82) is 0 Å². The average molecular weight is 409 g/mol. The molecule has 1 aromatic rings. The van der Waals surface area contributed by atoms with Crippen LogP contribution in [0.2, 0.25) is 0 Å². The summed E-state index contributed by atoms with van der Waals surface area (Å²) in [6.07, 6.45) is 0.208. The van der Waals surface area contributed by atoms with Gasteiger partial charge in [0.1, 0.15) is 12.3 Å². The first-order valence-corrected chi connectivity index (χ1v) is 8.50. The van der Waals surface area contributed by atoms with Crippen LogP contribution in [-0.4, -0.2) is 72.0 Å². The van der Waals surface area contributed by atoms with Gasteiger partial charge in [0.15, 0.2) is 0 Å². The molecule has 12 nitrogen and oxygen atoms in total.